The molecule has 8 nitrogen and oxygen atoms in total. The summed E-state index contributed by atoms with van der Waals surface area (Å²) >= 11 is 0. The van der Waals surface area contributed by atoms with Gasteiger partial charge in [-0.3, -0.25) is 4.57 Å². The fourth-order valence-corrected chi connectivity index (χ4v) is 4.93. The molecule has 2 heterocycles. The number of nitrogen functional groups attached to an aromatic ring is 1. The lowest BCUT2D eigenvalue weighted by Gasteiger charge is -2.14. The minimum atomic E-state index is -2.64. The number of nitrogens with two attached hydrogens (primary N) is 1. The molecule has 0 radical (unpaired) electrons. The molecule has 1 aromatic carbocycles. The van der Waals surface area contributed by atoms with Gasteiger partial charge in [0.2, 0.25) is 13.3 Å². The van der Waals surface area contributed by atoms with E-state index in [1.165, 1.54) is 0 Å². The van der Waals surface area contributed by atoms with Crippen molar-refractivity contribution in [1.82, 2.24) is 19.5 Å². The van der Waals surface area contributed by atoms with Crippen molar-refractivity contribution < 1.29 is 9.09 Å². The van der Waals surface area contributed by atoms with Gasteiger partial charge in [-0.2, -0.15) is 9.97 Å². The number of aromatic nitrogens is 4. The summed E-state index contributed by atoms with van der Waals surface area (Å²) in [6.07, 6.45) is 2.54. The van der Waals surface area contributed by atoms with Gasteiger partial charge in [0.15, 0.2) is 19.3 Å². The molecule has 0 spiro atoms. The van der Waals surface area contributed by atoms with Crippen molar-refractivity contribution in [3.8, 4) is 0 Å². The molecule has 0 saturated carbocycles. The predicted octanol–water partition coefficient (Wildman–Crippen LogP) is 2.37. The summed E-state index contributed by atoms with van der Waals surface area (Å²) in [4.78, 5) is 13.6. The van der Waals surface area contributed by atoms with E-state index in [1.54, 1.807) is 6.66 Å². The van der Waals surface area contributed by atoms with Crippen molar-refractivity contribution in [3.63, 3.8) is 0 Å². The van der Waals surface area contributed by atoms with Crippen molar-refractivity contribution in [3.05, 3.63) is 35.4 Å². The number of hydrogen-bond donors (Lipinski definition) is 2. The molecule has 3 aromatic rings. The largest absolute Gasteiger partial charge is 0.382 e. The van der Waals surface area contributed by atoms with E-state index >= 15 is 0 Å². The summed E-state index contributed by atoms with van der Waals surface area (Å²) in [7, 11) is -0.710. The minimum absolute atomic E-state index is 0.373. The van der Waals surface area contributed by atoms with Gasteiger partial charge >= 0.3 is 0 Å². The highest BCUT2D eigenvalue weighted by Crippen LogP contribution is 2.46. The van der Waals surface area contributed by atoms with Crippen LogP contribution in [0, 0.1) is 0 Å². The Morgan fingerprint density at radius 1 is 1.23 bits per heavy atom. The average Bonchev–Trinajstić information content (AvgIpc) is 2.98. The third kappa shape index (κ3) is 5.40. The molecule has 3 N–H and O–H groups in total. The standard InChI is InChI=1S/C20H30BN6O2P/c1-4-6-10-23-20-25-17(22)16-18(26-20)27(19(21)24-16)12-14-8-7-9-15(11-14)13-30(3,28)29-5-2/h7-9,11H,4-6,10,12-13,21H2,1-3H3,(H3,22,23,25,26). The Morgan fingerprint density at radius 3 is 2.73 bits per heavy atom. The fraction of sp³-hybridized carbons (Fsp3) is 0.450. The van der Waals surface area contributed by atoms with Gasteiger partial charge in [0.05, 0.1) is 12.3 Å². The van der Waals surface area contributed by atoms with Crippen molar-refractivity contribution >= 4 is 43.9 Å². The smallest absolute Gasteiger partial charge is 0.226 e. The lowest BCUT2D eigenvalue weighted by molar-refractivity contribution is 0.336. The zero-order valence-corrected chi connectivity index (χ0v) is 19.1. The van der Waals surface area contributed by atoms with E-state index in [0.717, 1.165) is 36.2 Å². The molecule has 2 aromatic heterocycles. The van der Waals surface area contributed by atoms with Crippen molar-refractivity contribution in [2.45, 2.75) is 39.4 Å². The minimum Gasteiger partial charge on any atom is -0.382 e. The molecule has 0 amide bonds. The Bertz CT molecular complexity index is 1070. The highest BCUT2D eigenvalue weighted by Gasteiger charge is 2.17. The van der Waals surface area contributed by atoms with E-state index < -0.39 is 7.37 Å². The number of imidazole rings is 1. The summed E-state index contributed by atoms with van der Waals surface area (Å²) in [6, 6.07) is 8.06. The maximum atomic E-state index is 12.5. The van der Waals surface area contributed by atoms with Crippen LogP contribution in [0.25, 0.3) is 11.2 Å². The summed E-state index contributed by atoms with van der Waals surface area (Å²) in [5.41, 5.74) is 10.3. The van der Waals surface area contributed by atoms with Gasteiger partial charge in [-0.25, -0.2) is 4.98 Å². The highest BCUT2D eigenvalue weighted by molar-refractivity contribution is 7.57. The van der Waals surface area contributed by atoms with Crippen LogP contribution in [0.2, 0.25) is 0 Å². The maximum Gasteiger partial charge on any atom is 0.226 e. The van der Waals surface area contributed by atoms with Gasteiger partial charge < -0.3 is 20.1 Å². The molecule has 160 valence electrons. The topological polar surface area (TPSA) is 108 Å². The van der Waals surface area contributed by atoms with Gasteiger partial charge in [0.25, 0.3) is 0 Å². The first-order chi connectivity index (χ1) is 14.3. The van der Waals surface area contributed by atoms with Crippen LogP contribution in [0.15, 0.2) is 24.3 Å². The molecule has 0 saturated heterocycles. The Hall–Kier alpha value is -2.38. The molecule has 0 fully saturated rings. The fourth-order valence-electron chi connectivity index (χ4n) is 3.44. The molecular formula is C20H30BN6O2P. The molecular weight excluding hydrogens is 398 g/mol. The Labute approximate surface area is 178 Å². The van der Waals surface area contributed by atoms with E-state index in [0.29, 0.717) is 42.2 Å². The molecule has 1 atom stereocenters. The number of hydrogen-bond acceptors (Lipinski definition) is 7. The number of benzene rings is 1. The van der Waals surface area contributed by atoms with Crippen LogP contribution in [-0.4, -0.2) is 47.2 Å². The molecule has 0 aliphatic carbocycles. The summed E-state index contributed by atoms with van der Waals surface area (Å²) < 4.78 is 20.0. The first kappa shape index (κ1) is 22.3. The van der Waals surface area contributed by atoms with Crippen LogP contribution >= 0.6 is 7.37 Å². The quantitative estimate of drug-likeness (QED) is 0.290. The molecule has 0 aliphatic rings. The van der Waals surface area contributed by atoms with Crippen LogP contribution in [0.5, 0.6) is 0 Å². The number of unbranched alkanes of at least 4 members (excludes halogenated alkanes) is 1. The molecule has 30 heavy (non-hydrogen) atoms. The first-order valence-electron chi connectivity index (χ1n) is 10.4. The van der Waals surface area contributed by atoms with Gasteiger partial charge in [0.1, 0.15) is 5.52 Å². The number of fused-ring (bicyclic) bond motifs is 1. The molecule has 10 heteroatoms. The number of anilines is 2. The Balaban J connectivity index is 1.89. The zero-order valence-electron chi connectivity index (χ0n) is 18.2. The van der Waals surface area contributed by atoms with Gasteiger partial charge in [0, 0.05) is 25.9 Å². The van der Waals surface area contributed by atoms with E-state index in [1.807, 2.05) is 37.5 Å². The first-order valence-corrected chi connectivity index (χ1v) is 12.6. The van der Waals surface area contributed by atoms with Gasteiger partial charge in [-0.1, -0.05) is 37.6 Å². The highest BCUT2D eigenvalue weighted by atomic mass is 31.2. The van der Waals surface area contributed by atoms with Crippen LogP contribution in [0.4, 0.5) is 11.8 Å². The second kappa shape index (κ2) is 9.62. The van der Waals surface area contributed by atoms with Crippen LogP contribution in [-0.2, 0) is 21.8 Å². The Morgan fingerprint density at radius 2 is 2.00 bits per heavy atom. The van der Waals surface area contributed by atoms with E-state index in [9.17, 15) is 4.57 Å². The molecule has 0 aliphatic heterocycles. The molecule has 0 bridgehead atoms. The molecule has 1 unspecified atom stereocenters. The zero-order chi connectivity index (χ0) is 21.7. The van der Waals surface area contributed by atoms with Crippen molar-refractivity contribution in [2.24, 2.45) is 0 Å². The second-order valence-electron chi connectivity index (χ2n) is 7.54. The summed E-state index contributed by atoms with van der Waals surface area (Å²) in [5, 5.41) is 3.24. The molecule has 3 rings (SSSR count). The third-order valence-electron chi connectivity index (χ3n) is 4.83. The number of nitrogens with zero attached hydrogens (tertiary/aromatic N) is 4. The average molecular weight is 428 g/mol. The van der Waals surface area contributed by atoms with Gasteiger partial charge in [-0.05, 0) is 24.5 Å². The lowest BCUT2D eigenvalue weighted by atomic mass is 10.1. The monoisotopic (exact) mass is 428 g/mol. The number of rotatable bonds is 10. The second-order valence-corrected chi connectivity index (χ2v) is 10.1. The predicted molar refractivity (Wildman–Crippen MR) is 126 cm³/mol. The van der Waals surface area contributed by atoms with Crippen LogP contribution in [0.1, 0.15) is 37.8 Å². The summed E-state index contributed by atoms with van der Waals surface area (Å²) in [5.74, 6) is 0.894. The van der Waals surface area contributed by atoms with Crippen LogP contribution in [0.3, 0.4) is 0 Å². The maximum absolute atomic E-state index is 12.5. The summed E-state index contributed by atoms with van der Waals surface area (Å²) in [6.45, 7) is 7.51. The van der Waals surface area contributed by atoms with E-state index in [-0.39, 0.29) is 0 Å². The van der Waals surface area contributed by atoms with E-state index in [2.05, 4.69) is 33.3 Å². The normalized spacial score (nSPS) is 13.4. The van der Waals surface area contributed by atoms with E-state index in [4.69, 9.17) is 10.3 Å². The SMILES string of the molecule is Bc1nc2c(N)nc(NCCCC)nc2n1Cc1cccc(CP(C)(=O)OCC)c1. The van der Waals surface area contributed by atoms with Gasteiger partial charge in [-0.15, -0.1) is 0 Å². The van der Waals surface area contributed by atoms with Crippen molar-refractivity contribution in [1.29, 1.82) is 0 Å². The van der Waals surface area contributed by atoms with Crippen molar-refractivity contribution in [2.75, 3.05) is 30.9 Å². The Kier molecular flexibility index (Phi) is 7.16. The third-order valence-corrected chi connectivity index (χ3v) is 6.57. The number of nitrogens with one attached hydrogen (secondary N) is 1. The van der Waals surface area contributed by atoms with Crippen LogP contribution < -0.4 is 16.8 Å². The lowest BCUT2D eigenvalue weighted by Crippen LogP contribution is -2.20.